The SMILES string of the molecule is CC(=O)c1c([N+](=O)[O-])ccc(OC(C(N)=O)N2CCCC3CCCCC32)c1Cl. The molecule has 0 spiro atoms. The molecule has 1 aromatic carbocycles. The molecule has 1 aliphatic heterocycles. The van der Waals surface area contributed by atoms with Crippen LogP contribution in [0.3, 0.4) is 0 Å². The third kappa shape index (κ3) is 3.98. The Morgan fingerprint density at radius 2 is 1.96 bits per heavy atom. The van der Waals surface area contributed by atoms with Gasteiger partial charge in [0.15, 0.2) is 5.78 Å². The second-order valence-corrected chi connectivity index (χ2v) is 7.83. The van der Waals surface area contributed by atoms with Crippen molar-refractivity contribution in [2.24, 2.45) is 11.7 Å². The Morgan fingerprint density at radius 3 is 2.61 bits per heavy atom. The molecule has 8 nitrogen and oxygen atoms in total. The van der Waals surface area contributed by atoms with Gasteiger partial charge in [0, 0.05) is 18.7 Å². The molecule has 1 aliphatic carbocycles. The first-order chi connectivity index (χ1) is 13.3. The van der Waals surface area contributed by atoms with Gasteiger partial charge in [-0.1, -0.05) is 24.4 Å². The van der Waals surface area contributed by atoms with Crippen LogP contribution in [-0.4, -0.2) is 40.3 Å². The van der Waals surface area contributed by atoms with Crippen molar-refractivity contribution in [1.82, 2.24) is 4.90 Å². The van der Waals surface area contributed by atoms with Crippen LogP contribution in [0, 0.1) is 16.0 Å². The van der Waals surface area contributed by atoms with Crippen molar-refractivity contribution in [2.45, 2.75) is 57.7 Å². The van der Waals surface area contributed by atoms with Gasteiger partial charge in [0.2, 0.25) is 6.23 Å². The van der Waals surface area contributed by atoms with Gasteiger partial charge >= 0.3 is 0 Å². The first-order valence-corrected chi connectivity index (χ1v) is 9.88. The van der Waals surface area contributed by atoms with E-state index in [0.717, 1.165) is 38.2 Å². The maximum atomic E-state index is 12.2. The van der Waals surface area contributed by atoms with Crippen molar-refractivity contribution in [2.75, 3.05) is 6.54 Å². The summed E-state index contributed by atoms with van der Waals surface area (Å²) in [6, 6.07) is 2.69. The number of ether oxygens (including phenoxy) is 1. The summed E-state index contributed by atoms with van der Waals surface area (Å²) in [4.78, 5) is 36.6. The molecule has 2 fully saturated rings. The van der Waals surface area contributed by atoms with Crippen LogP contribution in [0.15, 0.2) is 12.1 Å². The minimum absolute atomic E-state index is 0.0409. The Morgan fingerprint density at radius 1 is 1.29 bits per heavy atom. The van der Waals surface area contributed by atoms with Crippen molar-refractivity contribution in [3.8, 4) is 5.75 Å². The number of fused-ring (bicyclic) bond motifs is 1. The zero-order valence-corrected chi connectivity index (χ0v) is 16.5. The lowest BCUT2D eigenvalue weighted by molar-refractivity contribution is -0.385. The molecule has 0 radical (unpaired) electrons. The Hall–Kier alpha value is -2.19. The van der Waals surface area contributed by atoms with Crippen LogP contribution in [0.1, 0.15) is 55.8 Å². The molecule has 3 unspecified atom stereocenters. The molecule has 1 heterocycles. The molecule has 3 atom stereocenters. The number of nitrogens with two attached hydrogens (primary N) is 1. The Bertz CT molecular complexity index is 798. The third-order valence-electron chi connectivity index (χ3n) is 5.70. The molecule has 0 aromatic heterocycles. The average molecular weight is 410 g/mol. The number of primary amides is 1. The third-order valence-corrected chi connectivity index (χ3v) is 6.08. The molecular weight excluding hydrogens is 386 g/mol. The van der Waals surface area contributed by atoms with Gasteiger partial charge in [0.1, 0.15) is 16.3 Å². The van der Waals surface area contributed by atoms with Crippen molar-refractivity contribution in [1.29, 1.82) is 0 Å². The van der Waals surface area contributed by atoms with Gasteiger partial charge in [0.25, 0.3) is 11.6 Å². The molecule has 1 saturated heterocycles. The predicted octanol–water partition coefficient (Wildman–Crippen LogP) is 3.30. The number of benzene rings is 1. The summed E-state index contributed by atoms with van der Waals surface area (Å²) in [5.41, 5.74) is 5.01. The Labute approximate surface area is 168 Å². The van der Waals surface area contributed by atoms with Gasteiger partial charge in [-0.15, -0.1) is 0 Å². The van der Waals surface area contributed by atoms with Gasteiger partial charge in [-0.05, 0) is 44.6 Å². The molecule has 3 rings (SSSR count). The number of nitro groups is 1. The number of halogens is 1. The van der Waals surface area contributed by atoms with E-state index in [1.807, 2.05) is 4.90 Å². The molecule has 1 amide bonds. The number of nitro benzene ring substituents is 1. The number of carbonyl (C=O) groups is 2. The first-order valence-electron chi connectivity index (χ1n) is 9.50. The monoisotopic (exact) mass is 409 g/mol. The number of piperidine rings is 1. The van der Waals surface area contributed by atoms with Crippen LogP contribution in [0.25, 0.3) is 0 Å². The predicted molar refractivity (Wildman–Crippen MR) is 103 cm³/mol. The minimum Gasteiger partial charge on any atom is -0.464 e. The van der Waals surface area contributed by atoms with Crippen LogP contribution < -0.4 is 10.5 Å². The summed E-state index contributed by atoms with van der Waals surface area (Å²) in [5, 5.41) is 11.0. The summed E-state index contributed by atoms with van der Waals surface area (Å²) in [6.45, 7) is 1.87. The largest absolute Gasteiger partial charge is 0.464 e. The van der Waals surface area contributed by atoms with Gasteiger partial charge in [-0.25, -0.2) is 0 Å². The van der Waals surface area contributed by atoms with E-state index in [9.17, 15) is 19.7 Å². The van der Waals surface area contributed by atoms with Crippen LogP contribution in [-0.2, 0) is 4.79 Å². The fraction of sp³-hybridized carbons (Fsp3) is 0.579. The van der Waals surface area contributed by atoms with Gasteiger partial charge in [0.05, 0.1) is 4.92 Å². The van der Waals surface area contributed by atoms with E-state index in [1.165, 1.54) is 19.4 Å². The lowest BCUT2D eigenvalue weighted by Gasteiger charge is -2.46. The van der Waals surface area contributed by atoms with Crippen LogP contribution in [0.2, 0.25) is 5.02 Å². The number of carbonyl (C=O) groups excluding carboxylic acids is 2. The summed E-state index contributed by atoms with van der Waals surface area (Å²) >= 11 is 6.26. The number of likely N-dealkylation sites (tertiary alicyclic amines) is 1. The Kier molecular flexibility index (Phi) is 6.20. The topological polar surface area (TPSA) is 116 Å². The lowest BCUT2D eigenvalue weighted by Crippen LogP contribution is -2.57. The quantitative estimate of drug-likeness (QED) is 0.437. The van der Waals surface area contributed by atoms with E-state index in [2.05, 4.69) is 0 Å². The van der Waals surface area contributed by atoms with E-state index in [0.29, 0.717) is 12.5 Å². The number of hydrogen-bond acceptors (Lipinski definition) is 6. The van der Waals surface area contributed by atoms with Gasteiger partial charge in [-0.2, -0.15) is 0 Å². The second-order valence-electron chi connectivity index (χ2n) is 7.45. The van der Waals surface area contributed by atoms with Crippen molar-refractivity contribution < 1.29 is 19.2 Å². The normalized spacial score (nSPS) is 23.5. The number of ketones is 1. The fourth-order valence-corrected chi connectivity index (χ4v) is 4.83. The van der Waals surface area contributed by atoms with Crippen LogP contribution >= 0.6 is 11.6 Å². The lowest BCUT2D eigenvalue weighted by atomic mass is 9.78. The molecule has 9 heteroatoms. The summed E-state index contributed by atoms with van der Waals surface area (Å²) in [5.74, 6) is -0.652. The average Bonchev–Trinajstić information content (AvgIpc) is 2.65. The zero-order valence-electron chi connectivity index (χ0n) is 15.7. The number of amides is 1. The van der Waals surface area contributed by atoms with Crippen molar-refractivity contribution >= 4 is 29.0 Å². The molecule has 1 aromatic rings. The highest BCUT2D eigenvalue weighted by Crippen LogP contribution is 2.39. The van der Waals surface area contributed by atoms with E-state index in [4.69, 9.17) is 22.1 Å². The summed E-state index contributed by atoms with van der Waals surface area (Å²) < 4.78 is 5.87. The van der Waals surface area contributed by atoms with E-state index in [-0.39, 0.29) is 22.4 Å². The second kappa shape index (κ2) is 8.45. The maximum absolute atomic E-state index is 12.2. The smallest absolute Gasteiger partial charge is 0.281 e. The number of Topliss-reactive ketones (excluding diaryl/α,β-unsaturated/α-hetero) is 1. The molecular formula is C19H24ClN3O5. The zero-order chi connectivity index (χ0) is 20.4. The van der Waals surface area contributed by atoms with Crippen molar-refractivity contribution in [3.05, 3.63) is 32.8 Å². The van der Waals surface area contributed by atoms with E-state index in [1.54, 1.807) is 0 Å². The summed E-state index contributed by atoms with van der Waals surface area (Å²) in [6.07, 6.45) is 5.41. The highest BCUT2D eigenvalue weighted by Gasteiger charge is 2.40. The Balaban J connectivity index is 1.93. The molecule has 0 bridgehead atoms. The van der Waals surface area contributed by atoms with E-state index < -0.39 is 28.5 Å². The molecule has 152 valence electrons. The highest BCUT2D eigenvalue weighted by molar-refractivity contribution is 6.36. The molecule has 2 N–H and O–H groups in total. The molecule has 1 saturated carbocycles. The highest BCUT2D eigenvalue weighted by atomic mass is 35.5. The minimum atomic E-state index is -1.04. The van der Waals surface area contributed by atoms with Crippen LogP contribution in [0.4, 0.5) is 5.69 Å². The number of hydrogen-bond donors (Lipinski definition) is 1. The number of rotatable bonds is 6. The maximum Gasteiger partial charge on any atom is 0.281 e. The van der Waals surface area contributed by atoms with Gasteiger partial charge < -0.3 is 10.5 Å². The summed E-state index contributed by atoms with van der Waals surface area (Å²) in [7, 11) is 0. The number of nitrogens with zero attached hydrogens (tertiary/aromatic N) is 2. The van der Waals surface area contributed by atoms with E-state index >= 15 is 0 Å². The molecule has 2 aliphatic rings. The van der Waals surface area contributed by atoms with Gasteiger partial charge in [-0.3, -0.25) is 24.6 Å². The fourth-order valence-electron chi connectivity index (χ4n) is 4.49. The standard InChI is InChI=1S/C19H24ClN3O5/c1-11(24)16-14(23(26)27)8-9-15(17(16)20)28-19(18(21)25)22-10-4-6-12-5-2-3-7-13(12)22/h8-9,12-13,19H,2-7,10H2,1H3,(H2,21,25). The van der Waals surface area contributed by atoms with Crippen LogP contribution in [0.5, 0.6) is 5.75 Å². The molecule has 28 heavy (non-hydrogen) atoms. The van der Waals surface area contributed by atoms with Crippen molar-refractivity contribution in [3.63, 3.8) is 0 Å². The first kappa shape index (κ1) is 20.5.